The number of ether oxygens (including phenoxy) is 1. The van der Waals surface area contributed by atoms with E-state index in [0.29, 0.717) is 35.8 Å². The molecule has 0 aliphatic carbocycles. The number of urea groups is 1. The second-order valence-corrected chi connectivity index (χ2v) is 7.12. The van der Waals surface area contributed by atoms with Gasteiger partial charge in [0.15, 0.2) is 5.78 Å². The van der Waals surface area contributed by atoms with Gasteiger partial charge in [0.05, 0.1) is 17.4 Å². The highest BCUT2D eigenvalue weighted by molar-refractivity contribution is 5.94. The highest BCUT2D eigenvalue weighted by Crippen LogP contribution is 2.22. The maximum atomic E-state index is 12.2. The van der Waals surface area contributed by atoms with E-state index in [4.69, 9.17) is 4.74 Å². The van der Waals surface area contributed by atoms with E-state index in [0.717, 1.165) is 16.5 Å². The summed E-state index contributed by atoms with van der Waals surface area (Å²) in [6.07, 6.45) is 3.58. The molecule has 32 heavy (non-hydrogen) atoms. The van der Waals surface area contributed by atoms with E-state index < -0.39 is 0 Å². The molecule has 4 aromatic rings. The molecule has 0 atom stereocenters. The molecule has 2 aromatic carbocycles. The standard InChI is InChI=1S/C25H22N4O3/c1-2-24(30)23-14-21(11-12-26-23)32-20-9-7-17(8-10-20)15-28-25(31)29-19-13-18-5-3-4-6-22(18)27-16-19/h3-14,16H,2,15H2,1H3,(H2,28,29,31). The van der Waals surface area contributed by atoms with Gasteiger partial charge in [0.25, 0.3) is 0 Å². The minimum atomic E-state index is -0.313. The number of nitrogens with zero attached hydrogens (tertiary/aromatic N) is 2. The average Bonchev–Trinajstić information content (AvgIpc) is 2.83. The quantitative estimate of drug-likeness (QED) is 0.389. The number of carbonyl (C=O) groups is 2. The van der Waals surface area contributed by atoms with Crippen molar-refractivity contribution in [2.45, 2.75) is 19.9 Å². The summed E-state index contributed by atoms with van der Waals surface area (Å²) in [5.41, 5.74) is 2.81. The second-order valence-electron chi connectivity index (χ2n) is 7.12. The third-order valence-corrected chi connectivity index (χ3v) is 4.80. The fourth-order valence-electron chi connectivity index (χ4n) is 3.12. The van der Waals surface area contributed by atoms with E-state index in [1.54, 1.807) is 31.5 Å². The van der Waals surface area contributed by atoms with E-state index in [2.05, 4.69) is 20.6 Å². The van der Waals surface area contributed by atoms with Crippen molar-refractivity contribution < 1.29 is 14.3 Å². The number of rotatable bonds is 7. The maximum absolute atomic E-state index is 12.2. The number of Topliss-reactive ketones (excluding diaryl/α,β-unsaturated/α-hetero) is 1. The molecule has 0 saturated heterocycles. The van der Waals surface area contributed by atoms with Gasteiger partial charge in [-0.3, -0.25) is 14.8 Å². The van der Waals surface area contributed by atoms with E-state index in [1.165, 1.54) is 0 Å². The maximum Gasteiger partial charge on any atom is 0.319 e. The monoisotopic (exact) mass is 426 g/mol. The predicted octanol–water partition coefficient (Wildman–Crippen LogP) is 5.34. The smallest absolute Gasteiger partial charge is 0.319 e. The third kappa shape index (κ3) is 5.26. The molecular weight excluding hydrogens is 404 g/mol. The fraction of sp³-hybridized carbons (Fsp3) is 0.120. The number of hydrogen-bond donors (Lipinski definition) is 2. The van der Waals surface area contributed by atoms with Gasteiger partial charge in [0.2, 0.25) is 0 Å². The molecule has 7 nitrogen and oxygen atoms in total. The summed E-state index contributed by atoms with van der Waals surface area (Å²) < 4.78 is 5.81. The van der Waals surface area contributed by atoms with Gasteiger partial charge in [-0.1, -0.05) is 37.3 Å². The first-order valence-corrected chi connectivity index (χ1v) is 10.3. The van der Waals surface area contributed by atoms with Crippen molar-refractivity contribution in [2.24, 2.45) is 0 Å². The lowest BCUT2D eigenvalue weighted by atomic mass is 10.2. The Morgan fingerprint density at radius 2 is 1.75 bits per heavy atom. The van der Waals surface area contributed by atoms with Crippen molar-refractivity contribution >= 4 is 28.4 Å². The van der Waals surface area contributed by atoms with Crippen LogP contribution in [0.3, 0.4) is 0 Å². The van der Waals surface area contributed by atoms with Crippen LogP contribution in [0.15, 0.2) is 79.1 Å². The molecule has 0 spiro atoms. The SMILES string of the molecule is CCC(=O)c1cc(Oc2ccc(CNC(=O)Nc3cnc4ccccc4c3)cc2)ccn1. The van der Waals surface area contributed by atoms with Crippen LogP contribution in [0.1, 0.15) is 29.4 Å². The van der Waals surface area contributed by atoms with Crippen LogP contribution in [-0.2, 0) is 6.54 Å². The molecule has 2 amide bonds. The van der Waals surface area contributed by atoms with Crippen LogP contribution in [0.2, 0.25) is 0 Å². The van der Waals surface area contributed by atoms with Crippen LogP contribution < -0.4 is 15.4 Å². The highest BCUT2D eigenvalue weighted by Gasteiger charge is 2.07. The predicted molar refractivity (Wildman–Crippen MR) is 123 cm³/mol. The molecule has 4 rings (SSSR count). The first-order chi connectivity index (χ1) is 15.6. The van der Waals surface area contributed by atoms with Gasteiger partial charge in [-0.15, -0.1) is 0 Å². The molecule has 0 bridgehead atoms. The number of carbonyl (C=O) groups excluding carboxylic acids is 2. The van der Waals surface area contributed by atoms with E-state index in [9.17, 15) is 9.59 Å². The highest BCUT2D eigenvalue weighted by atomic mass is 16.5. The molecule has 2 heterocycles. The van der Waals surface area contributed by atoms with Crippen LogP contribution in [0.25, 0.3) is 10.9 Å². The summed E-state index contributed by atoms with van der Waals surface area (Å²) in [6.45, 7) is 2.15. The number of ketones is 1. The molecule has 0 fully saturated rings. The number of amides is 2. The molecular formula is C25H22N4O3. The van der Waals surface area contributed by atoms with Gasteiger partial charge in [0, 0.05) is 30.6 Å². The van der Waals surface area contributed by atoms with Gasteiger partial charge in [-0.05, 0) is 35.9 Å². The molecule has 0 aliphatic rings. The number of hydrogen-bond acceptors (Lipinski definition) is 5. The Labute approximate surface area is 185 Å². The summed E-state index contributed by atoms with van der Waals surface area (Å²) in [6, 6.07) is 20.0. The van der Waals surface area contributed by atoms with Crippen molar-refractivity contribution in [1.82, 2.24) is 15.3 Å². The largest absolute Gasteiger partial charge is 0.457 e. The van der Waals surface area contributed by atoms with Crippen LogP contribution in [-0.4, -0.2) is 21.8 Å². The van der Waals surface area contributed by atoms with Crippen molar-refractivity contribution in [3.05, 3.63) is 90.4 Å². The topological polar surface area (TPSA) is 93.2 Å². The number of para-hydroxylation sites is 1. The lowest BCUT2D eigenvalue weighted by Gasteiger charge is -2.10. The summed E-state index contributed by atoms with van der Waals surface area (Å²) in [4.78, 5) is 32.4. The third-order valence-electron chi connectivity index (χ3n) is 4.80. The Morgan fingerprint density at radius 1 is 0.938 bits per heavy atom. The Balaban J connectivity index is 1.31. The number of anilines is 1. The van der Waals surface area contributed by atoms with Gasteiger partial charge in [-0.25, -0.2) is 4.79 Å². The van der Waals surface area contributed by atoms with Crippen molar-refractivity contribution in [3.63, 3.8) is 0 Å². The lowest BCUT2D eigenvalue weighted by molar-refractivity contribution is 0.0983. The summed E-state index contributed by atoms with van der Waals surface area (Å²) in [5.74, 6) is 1.14. The zero-order chi connectivity index (χ0) is 22.3. The minimum Gasteiger partial charge on any atom is -0.457 e. The Kier molecular flexibility index (Phi) is 6.36. The number of aromatic nitrogens is 2. The number of benzene rings is 2. The molecule has 7 heteroatoms. The van der Waals surface area contributed by atoms with Crippen molar-refractivity contribution in [3.8, 4) is 11.5 Å². The number of fused-ring (bicyclic) bond motifs is 1. The Hall–Kier alpha value is -4.26. The zero-order valence-electron chi connectivity index (χ0n) is 17.5. The van der Waals surface area contributed by atoms with E-state index >= 15 is 0 Å². The van der Waals surface area contributed by atoms with Gasteiger partial charge >= 0.3 is 6.03 Å². The molecule has 0 radical (unpaired) electrons. The first-order valence-electron chi connectivity index (χ1n) is 10.3. The average molecular weight is 426 g/mol. The molecule has 0 aliphatic heterocycles. The minimum absolute atomic E-state index is 0.0328. The summed E-state index contributed by atoms with van der Waals surface area (Å²) >= 11 is 0. The number of pyridine rings is 2. The molecule has 2 N–H and O–H groups in total. The van der Waals surface area contributed by atoms with Crippen LogP contribution in [0.5, 0.6) is 11.5 Å². The molecule has 160 valence electrons. The zero-order valence-corrected chi connectivity index (χ0v) is 17.5. The van der Waals surface area contributed by atoms with Crippen molar-refractivity contribution in [2.75, 3.05) is 5.32 Å². The van der Waals surface area contributed by atoms with Gasteiger partial charge in [0.1, 0.15) is 17.2 Å². The normalized spacial score (nSPS) is 10.5. The van der Waals surface area contributed by atoms with Crippen LogP contribution in [0.4, 0.5) is 10.5 Å². The lowest BCUT2D eigenvalue weighted by Crippen LogP contribution is -2.28. The molecule has 0 saturated carbocycles. The van der Waals surface area contributed by atoms with Gasteiger partial charge < -0.3 is 15.4 Å². The summed E-state index contributed by atoms with van der Waals surface area (Å²) in [7, 11) is 0. The van der Waals surface area contributed by atoms with E-state index in [1.807, 2.05) is 54.6 Å². The van der Waals surface area contributed by atoms with Crippen LogP contribution in [0, 0.1) is 0 Å². The van der Waals surface area contributed by atoms with Crippen molar-refractivity contribution in [1.29, 1.82) is 0 Å². The fourth-order valence-corrected chi connectivity index (χ4v) is 3.12. The van der Waals surface area contributed by atoms with E-state index in [-0.39, 0.29) is 11.8 Å². The first kappa shape index (κ1) is 21.0. The van der Waals surface area contributed by atoms with Gasteiger partial charge in [-0.2, -0.15) is 0 Å². The Morgan fingerprint density at radius 3 is 2.56 bits per heavy atom. The Bertz CT molecular complexity index is 1260. The second kappa shape index (κ2) is 9.70. The van der Waals surface area contributed by atoms with Crippen LogP contribution >= 0.6 is 0 Å². The summed E-state index contributed by atoms with van der Waals surface area (Å²) in [5, 5.41) is 6.58. The molecule has 2 aromatic heterocycles. The molecule has 0 unspecified atom stereocenters. The number of nitrogens with one attached hydrogen (secondary N) is 2.